The van der Waals surface area contributed by atoms with Crippen LogP contribution in [0.25, 0.3) is 43.6 Å². The maximum Gasteiger partial charge on any atom is 0.222 e. The second-order valence-electron chi connectivity index (χ2n) is 14.2. The van der Waals surface area contributed by atoms with Gasteiger partial charge in [-0.15, -0.1) is 0 Å². The Morgan fingerprint density at radius 1 is 0.872 bits per heavy atom. The van der Waals surface area contributed by atoms with E-state index in [1.165, 1.54) is 75.2 Å². The van der Waals surface area contributed by atoms with Crippen molar-refractivity contribution in [2.45, 2.75) is 83.3 Å². The lowest BCUT2D eigenvalue weighted by Crippen LogP contribution is -2.37. The molecule has 5 aromatic rings. The number of aryl methyl sites for hydroxylation is 2. The van der Waals surface area contributed by atoms with Crippen molar-refractivity contribution in [3.63, 3.8) is 0 Å². The summed E-state index contributed by atoms with van der Waals surface area (Å²) in [4.78, 5) is 2.86. The molecule has 2 heterocycles. The number of hydrogen-bond donors (Lipinski definition) is 0. The number of hydrogen-bond acceptors (Lipinski definition) is 1. The zero-order chi connectivity index (χ0) is 28.0. The minimum atomic E-state index is -1.41. The molecule has 0 atom stereocenters. The van der Waals surface area contributed by atoms with Crippen LogP contribution in [0.1, 0.15) is 57.2 Å². The monoisotopic (exact) mass is 548 g/mol. The first kappa shape index (κ1) is 26.6. The lowest BCUT2D eigenvalue weighted by Gasteiger charge is -2.28. The van der Waals surface area contributed by atoms with Crippen molar-refractivity contribution in [1.29, 1.82) is 0 Å². The molecule has 200 valence electrons. The van der Waals surface area contributed by atoms with Crippen LogP contribution in [0.3, 0.4) is 0 Å². The lowest BCUT2D eigenvalue weighted by atomic mass is 9.82. The molecule has 1 aliphatic rings. The maximum atomic E-state index is 2.49. The van der Waals surface area contributed by atoms with E-state index in [9.17, 15) is 0 Å². The van der Waals surface area contributed by atoms with E-state index in [4.69, 9.17) is 0 Å². The molecule has 0 unspecified atom stereocenters. The van der Waals surface area contributed by atoms with Crippen molar-refractivity contribution < 1.29 is 4.57 Å². The van der Waals surface area contributed by atoms with Crippen molar-refractivity contribution in [2.75, 3.05) is 0 Å². The molecule has 1 aromatic heterocycles. The Labute approximate surface area is 239 Å². The van der Waals surface area contributed by atoms with Gasteiger partial charge in [-0.2, -0.15) is 0 Å². The van der Waals surface area contributed by atoms with E-state index in [0.29, 0.717) is 5.92 Å². The van der Waals surface area contributed by atoms with Gasteiger partial charge in [0.2, 0.25) is 5.69 Å². The predicted molar refractivity (Wildman–Crippen MR) is 175 cm³/mol. The van der Waals surface area contributed by atoms with Crippen LogP contribution >= 0.6 is 11.8 Å². The molecule has 0 saturated carbocycles. The Morgan fingerprint density at radius 2 is 1.59 bits per heavy atom. The largest absolute Gasteiger partial charge is 0.222 e. The third-order valence-electron chi connectivity index (χ3n) is 8.54. The topological polar surface area (TPSA) is 3.88 Å². The molecule has 0 N–H and O–H groups in total. The second kappa shape index (κ2) is 8.94. The van der Waals surface area contributed by atoms with Crippen molar-refractivity contribution in [3.8, 4) is 11.3 Å². The van der Waals surface area contributed by atoms with Crippen LogP contribution in [0.4, 0.5) is 0 Å². The summed E-state index contributed by atoms with van der Waals surface area (Å²) in [5.74, 6) is 0.512. The van der Waals surface area contributed by atoms with Crippen LogP contribution in [-0.2, 0) is 13.5 Å². The molecule has 1 aliphatic heterocycles. The fraction of sp³-hybridized carbons (Fsp3) is 0.361. The Balaban J connectivity index is 1.76. The Morgan fingerprint density at radius 3 is 2.26 bits per heavy atom. The third kappa shape index (κ3) is 4.33. The van der Waals surface area contributed by atoms with Gasteiger partial charge >= 0.3 is 0 Å². The fourth-order valence-corrected chi connectivity index (χ4v) is 8.94. The van der Waals surface area contributed by atoms with Crippen LogP contribution in [0.2, 0.25) is 19.6 Å². The SMILES string of the molecule is Cc1c2c(c(CC(C)(C)C)c3ccc(C(C)C)cc13)Sc1cc3cc([Si](C)(C)C)ccc3c3cc[n+](C)c-2c13. The molecule has 3 heteroatoms. The molecule has 0 amide bonds. The number of pyridine rings is 1. The summed E-state index contributed by atoms with van der Waals surface area (Å²) < 4.78 is 2.37. The molecule has 6 rings (SSSR count). The first-order valence-corrected chi connectivity index (χ1v) is 18.7. The van der Waals surface area contributed by atoms with E-state index in [2.05, 4.69) is 128 Å². The van der Waals surface area contributed by atoms with Crippen molar-refractivity contribution in [3.05, 3.63) is 71.4 Å². The minimum Gasteiger partial charge on any atom is -0.200 e. The minimum absolute atomic E-state index is 0.192. The zero-order valence-electron chi connectivity index (χ0n) is 25.3. The number of benzene rings is 4. The molecule has 0 bridgehead atoms. The molecular formula is C36H42NSSi+. The highest BCUT2D eigenvalue weighted by molar-refractivity contribution is 8.00. The summed E-state index contributed by atoms with van der Waals surface area (Å²) in [5, 5.41) is 9.92. The molecule has 0 aliphatic carbocycles. The van der Waals surface area contributed by atoms with E-state index in [1.54, 1.807) is 0 Å². The summed E-state index contributed by atoms with van der Waals surface area (Å²) in [6.07, 6.45) is 3.34. The summed E-state index contributed by atoms with van der Waals surface area (Å²) in [6, 6.07) is 19.3. The maximum absolute atomic E-state index is 2.49. The predicted octanol–water partition coefficient (Wildman–Crippen LogP) is 9.67. The Hall–Kier alpha value is -2.62. The van der Waals surface area contributed by atoms with Gasteiger partial charge in [0, 0.05) is 21.2 Å². The van der Waals surface area contributed by atoms with E-state index in [-0.39, 0.29) is 5.41 Å². The summed E-state index contributed by atoms with van der Waals surface area (Å²) >= 11 is 2.02. The standard InChI is InChI=1S/C36H42NSSi/c1-21(2)23-11-13-27-29(18-23)22(3)32-34-33-28(15-16-37(34)7)26-14-12-25(39(8,9)10)17-24(26)19-31(33)38-35(32)30(27)20-36(4,5)6/h11-19,21H,20H2,1-10H3/q+1. The quantitative estimate of drug-likeness (QED) is 0.121. The third-order valence-corrected chi connectivity index (χ3v) is 11.8. The average molecular weight is 549 g/mol. The van der Waals surface area contributed by atoms with Crippen LogP contribution in [0.5, 0.6) is 0 Å². The highest BCUT2D eigenvalue weighted by Crippen LogP contribution is 2.53. The average Bonchev–Trinajstić information content (AvgIpc) is 2.85. The molecular weight excluding hydrogens is 507 g/mol. The van der Waals surface area contributed by atoms with E-state index in [1.807, 2.05) is 11.8 Å². The molecule has 1 nitrogen and oxygen atoms in total. The lowest BCUT2D eigenvalue weighted by molar-refractivity contribution is -0.659. The van der Waals surface area contributed by atoms with Crippen molar-refractivity contribution in [1.82, 2.24) is 0 Å². The molecule has 4 aromatic carbocycles. The normalized spacial score (nSPS) is 13.6. The molecule has 0 saturated heterocycles. The second-order valence-corrected chi connectivity index (χ2v) is 20.4. The number of fused-ring (bicyclic) bond motifs is 5. The van der Waals surface area contributed by atoms with Gasteiger partial charge < -0.3 is 0 Å². The van der Waals surface area contributed by atoms with Gasteiger partial charge in [-0.1, -0.05) is 108 Å². The first-order valence-electron chi connectivity index (χ1n) is 14.4. The van der Waals surface area contributed by atoms with E-state index >= 15 is 0 Å². The first-order chi connectivity index (χ1) is 18.2. The Kier molecular flexibility index (Phi) is 6.10. The highest BCUT2D eigenvalue weighted by Gasteiger charge is 2.33. The van der Waals surface area contributed by atoms with Crippen molar-refractivity contribution >= 4 is 57.3 Å². The van der Waals surface area contributed by atoms with Gasteiger partial charge in [0.05, 0.1) is 19.0 Å². The van der Waals surface area contributed by atoms with Gasteiger partial charge in [0.15, 0.2) is 6.20 Å². The van der Waals surface area contributed by atoms with E-state index in [0.717, 1.165) is 6.42 Å². The van der Waals surface area contributed by atoms with Gasteiger partial charge in [0.1, 0.15) is 7.05 Å². The number of nitrogens with zero attached hydrogens (tertiary/aromatic N) is 1. The van der Waals surface area contributed by atoms with Crippen molar-refractivity contribution in [2.24, 2.45) is 12.5 Å². The number of aromatic nitrogens is 1. The van der Waals surface area contributed by atoms with Crippen LogP contribution in [0.15, 0.2) is 64.5 Å². The molecule has 0 radical (unpaired) electrons. The smallest absolute Gasteiger partial charge is 0.200 e. The fourth-order valence-electron chi connectivity index (χ4n) is 6.40. The molecule has 0 fully saturated rings. The summed E-state index contributed by atoms with van der Waals surface area (Å²) in [6.45, 7) is 21.4. The van der Waals surface area contributed by atoms with Crippen LogP contribution in [-0.4, -0.2) is 8.07 Å². The van der Waals surface area contributed by atoms with Crippen LogP contribution < -0.4 is 9.75 Å². The summed E-state index contributed by atoms with van der Waals surface area (Å²) in [7, 11) is 0.824. The molecule has 39 heavy (non-hydrogen) atoms. The Bertz CT molecular complexity index is 1820. The van der Waals surface area contributed by atoms with E-state index < -0.39 is 8.07 Å². The van der Waals surface area contributed by atoms with Gasteiger partial charge in [-0.3, -0.25) is 0 Å². The van der Waals surface area contributed by atoms with Gasteiger partial charge in [0.25, 0.3) is 0 Å². The van der Waals surface area contributed by atoms with Gasteiger partial charge in [-0.25, -0.2) is 4.57 Å². The number of rotatable bonds is 3. The summed E-state index contributed by atoms with van der Waals surface area (Å²) in [5.41, 5.74) is 7.34. The van der Waals surface area contributed by atoms with Gasteiger partial charge in [-0.05, 0) is 69.0 Å². The highest BCUT2D eigenvalue weighted by atomic mass is 32.2. The zero-order valence-corrected chi connectivity index (χ0v) is 27.2. The molecule has 0 spiro atoms. The van der Waals surface area contributed by atoms with Crippen LogP contribution in [0, 0.1) is 12.3 Å².